The van der Waals surface area contributed by atoms with Crippen LogP contribution in [0.4, 0.5) is 18.0 Å². The molecule has 0 bridgehead atoms. The molecule has 30 heavy (non-hydrogen) atoms. The number of alkyl carbamates (subject to hydrolysis) is 1. The largest absolute Gasteiger partial charge is 0.458 e. The zero-order chi connectivity index (χ0) is 23.4. The molecule has 1 amide bonds. The first-order chi connectivity index (χ1) is 13.4. The second-order valence-electron chi connectivity index (χ2n) is 9.58. The van der Waals surface area contributed by atoms with Crippen molar-refractivity contribution in [2.24, 2.45) is 5.92 Å². The Labute approximate surface area is 180 Å². The van der Waals surface area contributed by atoms with Crippen LogP contribution in [0.25, 0.3) is 0 Å². The molecule has 0 aliphatic heterocycles. The molecule has 0 aromatic heterocycles. The fourth-order valence-corrected chi connectivity index (χ4v) is 3.80. The van der Waals surface area contributed by atoms with Gasteiger partial charge in [0.15, 0.2) is 5.60 Å². The maximum absolute atomic E-state index is 13.2. The zero-order valence-corrected chi connectivity index (χ0v) is 19.3. The van der Waals surface area contributed by atoms with E-state index in [4.69, 9.17) is 9.47 Å². The van der Waals surface area contributed by atoms with Crippen LogP contribution >= 0.6 is 11.8 Å². The molecule has 0 heterocycles. The van der Waals surface area contributed by atoms with Crippen LogP contribution in [-0.4, -0.2) is 57.7 Å². The number of aliphatic hydroxyl groups is 1. The minimum atomic E-state index is -4.66. The van der Waals surface area contributed by atoms with Gasteiger partial charge in [-0.05, 0) is 84.6 Å². The fourth-order valence-electron chi connectivity index (χ4n) is 2.74. The molecule has 1 aliphatic rings. The molecule has 2 N–H and O–H groups in total. The fraction of sp³-hybridized carbons (Fsp3) is 0.900. The van der Waals surface area contributed by atoms with E-state index in [-0.39, 0.29) is 12.2 Å². The smallest absolute Gasteiger partial charge is 0.417 e. The maximum atomic E-state index is 13.2. The normalized spacial score (nSPS) is 18.3. The van der Waals surface area contributed by atoms with Gasteiger partial charge in [0, 0.05) is 0 Å². The lowest BCUT2D eigenvalue weighted by molar-refractivity contribution is -0.269. The Balaban J connectivity index is 2.60. The van der Waals surface area contributed by atoms with Crippen molar-refractivity contribution in [2.75, 3.05) is 11.5 Å². The SMILES string of the molecule is CC(C)(C)OC(=O)N[C@@H](CCSCCC(O)(C1CC1)C(F)(F)F)C(=O)OC(C)(C)C. The molecule has 0 spiro atoms. The van der Waals surface area contributed by atoms with Crippen LogP contribution in [0.3, 0.4) is 0 Å². The van der Waals surface area contributed by atoms with E-state index in [0.29, 0.717) is 18.6 Å². The Morgan fingerprint density at radius 1 is 1.03 bits per heavy atom. The highest BCUT2D eigenvalue weighted by molar-refractivity contribution is 7.99. The van der Waals surface area contributed by atoms with E-state index in [9.17, 15) is 27.9 Å². The molecule has 0 radical (unpaired) electrons. The van der Waals surface area contributed by atoms with Crippen molar-refractivity contribution in [3.63, 3.8) is 0 Å². The van der Waals surface area contributed by atoms with Crippen LogP contribution in [0, 0.1) is 5.92 Å². The Kier molecular flexibility index (Phi) is 8.94. The quantitative estimate of drug-likeness (QED) is 0.393. The third-order valence-corrected chi connectivity index (χ3v) is 5.32. The Bertz CT molecular complexity index is 597. The van der Waals surface area contributed by atoms with Gasteiger partial charge in [0.2, 0.25) is 0 Å². The Hall–Kier alpha value is -1.16. The Morgan fingerprint density at radius 2 is 1.57 bits per heavy atom. The summed E-state index contributed by atoms with van der Waals surface area (Å²) >= 11 is 1.19. The number of hydrogen-bond donors (Lipinski definition) is 2. The molecule has 1 fully saturated rings. The van der Waals surface area contributed by atoms with Crippen LogP contribution in [0.15, 0.2) is 0 Å². The number of carbonyl (C=O) groups excluding carboxylic acids is 2. The van der Waals surface area contributed by atoms with E-state index >= 15 is 0 Å². The summed E-state index contributed by atoms with van der Waals surface area (Å²) in [6, 6.07) is -0.989. The molecule has 2 atom stereocenters. The summed E-state index contributed by atoms with van der Waals surface area (Å²) in [6.45, 7) is 10.1. The number of amides is 1. The highest BCUT2D eigenvalue weighted by Gasteiger charge is 2.61. The van der Waals surface area contributed by atoms with Gasteiger partial charge in [-0.2, -0.15) is 24.9 Å². The lowest BCUT2D eigenvalue weighted by Gasteiger charge is -2.30. The predicted molar refractivity (Wildman–Crippen MR) is 109 cm³/mol. The lowest BCUT2D eigenvalue weighted by atomic mass is 9.94. The lowest BCUT2D eigenvalue weighted by Crippen LogP contribution is -2.47. The van der Waals surface area contributed by atoms with Gasteiger partial charge in [-0.15, -0.1) is 0 Å². The number of carbonyl (C=O) groups is 2. The first-order valence-electron chi connectivity index (χ1n) is 10.0. The van der Waals surface area contributed by atoms with Crippen molar-refractivity contribution < 1.29 is 37.3 Å². The van der Waals surface area contributed by atoms with Crippen molar-refractivity contribution in [2.45, 2.75) is 96.2 Å². The van der Waals surface area contributed by atoms with E-state index < -0.39 is 53.4 Å². The summed E-state index contributed by atoms with van der Waals surface area (Å²) in [7, 11) is 0. The molecular formula is C20H34F3NO5S. The molecule has 0 aromatic rings. The van der Waals surface area contributed by atoms with Crippen molar-refractivity contribution in [3.8, 4) is 0 Å². The van der Waals surface area contributed by atoms with Crippen molar-refractivity contribution >= 4 is 23.8 Å². The number of hydrogen-bond acceptors (Lipinski definition) is 6. The zero-order valence-electron chi connectivity index (χ0n) is 18.5. The number of ether oxygens (including phenoxy) is 2. The van der Waals surface area contributed by atoms with Crippen LogP contribution in [0.2, 0.25) is 0 Å². The molecule has 1 saturated carbocycles. The van der Waals surface area contributed by atoms with Gasteiger partial charge in [-0.1, -0.05) is 0 Å². The van der Waals surface area contributed by atoms with Gasteiger partial charge in [-0.3, -0.25) is 0 Å². The summed E-state index contributed by atoms with van der Waals surface area (Å²) in [6.07, 6.45) is -4.92. The molecule has 6 nitrogen and oxygen atoms in total. The molecule has 1 aliphatic carbocycles. The van der Waals surface area contributed by atoms with Gasteiger partial charge >= 0.3 is 18.2 Å². The number of halogens is 3. The first kappa shape index (κ1) is 26.9. The van der Waals surface area contributed by atoms with E-state index in [2.05, 4.69) is 5.32 Å². The van der Waals surface area contributed by atoms with Crippen molar-refractivity contribution in [1.82, 2.24) is 5.32 Å². The maximum Gasteiger partial charge on any atom is 0.417 e. The standard InChI is InChI=1S/C20H34F3NO5S/c1-17(2,3)28-15(25)14(24-16(26)29-18(4,5)6)9-11-30-12-10-19(27,13-7-8-13)20(21,22)23/h13-14,27H,7-12H2,1-6H3,(H,24,26)/t14-,19?/m0/s1. The number of alkyl halides is 3. The van der Waals surface area contributed by atoms with E-state index in [1.165, 1.54) is 11.8 Å². The highest BCUT2D eigenvalue weighted by atomic mass is 32.2. The summed E-state index contributed by atoms with van der Waals surface area (Å²) in [5.41, 5.74) is -4.16. The third kappa shape index (κ3) is 9.32. The average Bonchev–Trinajstić information content (AvgIpc) is 3.33. The van der Waals surface area contributed by atoms with Gasteiger partial charge in [0.1, 0.15) is 17.2 Å². The summed E-state index contributed by atoms with van der Waals surface area (Å²) < 4.78 is 50.1. The number of rotatable bonds is 9. The minimum absolute atomic E-state index is 0.0833. The third-order valence-electron chi connectivity index (χ3n) is 4.30. The van der Waals surface area contributed by atoms with Gasteiger partial charge in [0.25, 0.3) is 0 Å². The highest BCUT2D eigenvalue weighted by Crippen LogP contribution is 2.50. The van der Waals surface area contributed by atoms with Crippen molar-refractivity contribution in [3.05, 3.63) is 0 Å². The van der Waals surface area contributed by atoms with Crippen LogP contribution in [0.5, 0.6) is 0 Å². The molecule has 0 aromatic carbocycles. The van der Waals surface area contributed by atoms with Crippen LogP contribution in [-0.2, 0) is 14.3 Å². The molecular weight excluding hydrogens is 423 g/mol. The van der Waals surface area contributed by atoms with Gasteiger partial charge in [-0.25, -0.2) is 9.59 Å². The topological polar surface area (TPSA) is 84.9 Å². The molecule has 1 unspecified atom stereocenters. The van der Waals surface area contributed by atoms with E-state index in [1.807, 2.05) is 0 Å². The van der Waals surface area contributed by atoms with Crippen molar-refractivity contribution in [1.29, 1.82) is 0 Å². The van der Waals surface area contributed by atoms with E-state index in [1.54, 1.807) is 41.5 Å². The predicted octanol–water partition coefficient (Wildman–Crippen LogP) is 4.44. The molecule has 1 rings (SSSR count). The second kappa shape index (κ2) is 9.97. The number of esters is 1. The molecule has 176 valence electrons. The molecule has 0 saturated heterocycles. The van der Waals surface area contributed by atoms with Crippen LogP contribution < -0.4 is 5.32 Å². The summed E-state index contributed by atoms with van der Waals surface area (Å²) in [5, 5.41) is 12.5. The molecule has 10 heteroatoms. The van der Waals surface area contributed by atoms with E-state index in [0.717, 1.165) is 0 Å². The van der Waals surface area contributed by atoms with Crippen LogP contribution in [0.1, 0.15) is 67.2 Å². The van der Waals surface area contributed by atoms with Gasteiger partial charge < -0.3 is 19.9 Å². The number of thioether (sulfide) groups is 1. The first-order valence-corrected chi connectivity index (χ1v) is 11.2. The number of nitrogens with one attached hydrogen (secondary N) is 1. The summed E-state index contributed by atoms with van der Waals surface area (Å²) in [4.78, 5) is 24.5. The summed E-state index contributed by atoms with van der Waals surface area (Å²) in [5.74, 6) is -0.988. The van der Waals surface area contributed by atoms with Gasteiger partial charge in [0.05, 0.1) is 0 Å². The average molecular weight is 458 g/mol. The second-order valence-corrected chi connectivity index (χ2v) is 10.8. The Morgan fingerprint density at radius 3 is 2.00 bits per heavy atom. The minimum Gasteiger partial charge on any atom is -0.458 e. The monoisotopic (exact) mass is 457 g/mol.